The van der Waals surface area contributed by atoms with Crippen molar-refractivity contribution in [1.29, 1.82) is 0 Å². The van der Waals surface area contributed by atoms with E-state index in [1.54, 1.807) is 0 Å². The van der Waals surface area contributed by atoms with E-state index in [0.29, 0.717) is 12.0 Å². The zero-order chi connectivity index (χ0) is 12.7. The van der Waals surface area contributed by atoms with Crippen LogP contribution in [-0.4, -0.2) is 31.3 Å². The van der Waals surface area contributed by atoms with E-state index in [1.165, 1.54) is 6.42 Å². The van der Waals surface area contributed by atoms with E-state index >= 15 is 0 Å². The average Bonchev–Trinajstić information content (AvgIpc) is 2.76. The lowest BCUT2D eigenvalue weighted by Gasteiger charge is -2.62. The van der Waals surface area contributed by atoms with Crippen molar-refractivity contribution in [2.75, 3.05) is 19.7 Å². The number of hydrogen-bond donors (Lipinski definition) is 2. The molecule has 0 aromatic rings. The number of nitrogens with one attached hydrogen (secondary N) is 1. The minimum absolute atomic E-state index is 0.0817. The van der Waals surface area contributed by atoms with E-state index in [1.807, 2.05) is 0 Å². The van der Waals surface area contributed by atoms with Crippen LogP contribution in [0.2, 0.25) is 0 Å². The molecule has 1 aliphatic heterocycles. The lowest BCUT2D eigenvalue weighted by atomic mass is 9.48. The molecule has 1 saturated heterocycles. The van der Waals surface area contributed by atoms with E-state index in [4.69, 9.17) is 10.5 Å². The highest BCUT2D eigenvalue weighted by molar-refractivity contribution is 5.21. The first-order valence-corrected chi connectivity index (χ1v) is 7.04. The summed E-state index contributed by atoms with van der Waals surface area (Å²) < 4.78 is 5.80. The Morgan fingerprint density at radius 1 is 1.47 bits per heavy atom. The molecule has 0 amide bonds. The molecule has 3 nitrogen and oxygen atoms in total. The Hall–Kier alpha value is -0.120. The maximum absolute atomic E-state index is 6.65. The van der Waals surface area contributed by atoms with E-state index in [2.05, 4.69) is 33.0 Å². The number of ether oxygens (including phenoxy) is 1. The summed E-state index contributed by atoms with van der Waals surface area (Å²) in [6, 6.07) is 0. The smallest absolute Gasteiger partial charge is 0.0691 e. The number of hydrogen-bond acceptors (Lipinski definition) is 3. The second-order valence-corrected chi connectivity index (χ2v) is 6.59. The molecule has 0 spiro atoms. The second kappa shape index (κ2) is 4.52. The maximum Gasteiger partial charge on any atom is 0.0691 e. The van der Waals surface area contributed by atoms with Gasteiger partial charge in [-0.1, -0.05) is 34.1 Å². The van der Waals surface area contributed by atoms with Crippen LogP contribution >= 0.6 is 0 Å². The van der Waals surface area contributed by atoms with Crippen molar-refractivity contribution in [3.63, 3.8) is 0 Å². The minimum atomic E-state index is -0.0817. The molecule has 100 valence electrons. The van der Waals surface area contributed by atoms with Gasteiger partial charge in [-0.2, -0.15) is 0 Å². The molecule has 1 heterocycles. The van der Waals surface area contributed by atoms with Crippen molar-refractivity contribution >= 4 is 0 Å². The standard InChI is InChI=1S/C14H28N2O/c1-5-10(2)8-16-9-14(15)11-6-7-17-12(11)13(14,3)4/h10-12,16H,5-9,15H2,1-4H3. The third-order valence-electron chi connectivity index (χ3n) is 5.27. The number of rotatable bonds is 5. The van der Waals surface area contributed by atoms with Crippen molar-refractivity contribution in [2.24, 2.45) is 23.0 Å². The zero-order valence-corrected chi connectivity index (χ0v) is 11.8. The fourth-order valence-electron chi connectivity index (χ4n) is 3.50. The Labute approximate surface area is 105 Å². The first kappa shape index (κ1) is 13.3. The molecule has 1 aliphatic carbocycles. The lowest BCUT2D eigenvalue weighted by molar-refractivity contribution is -0.153. The summed E-state index contributed by atoms with van der Waals surface area (Å²) in [6.07, 6.45) is 2.75. The molecule has 4 unspecified atom stereocenters. The van der Waals surface area contributed by atoms with Crippen LogP contribution < -0.4 is 11.1 Å². The zero-order valence-electron chi connectivity index (χ0n) is 11.8. The molecule has 0 radical (unpaired) electrons. The molecule has 17 heavy (non-hydrogen) atoms. The highest BCUT2D eigenvalue weighted by atomic mass is 16.5. The fourth-order valence-corrected chi connectivity index (χ4v) is 3.50. The molecule has 0 bridgehead atoms. The monoisotopic (exact) mass is 240 g/mol. The van der Waals surface area contributed by atoms with Crippen LogP contribution in [0.4, 0.5) is 0 Å². The van der Waals surface area contributed by atoms with Gasteiger partial charge in [0.15, 0.2) is 0 Å². The molecule has 3 N–H and O–H groups in total. The molecule has 1 saturated carbocycles. The van der Waals surface area contributed by atoms with Gasteiger partial charge in [0.05, 0.1) is 6.10 Å². The van der Waals surface area contributed by atoms with Crippen molar-refractivity contribution < 1.29 is 4.74 Å². The average molecular weight is 240 g/mol. The Bertz CT molecular complexity index is 279. The highest BCUT2D eigenvalue weighted by Crippen LogP contribution is 2.57. The van der Waals surface area contributed by atoms with Gasteiger partial charge in [-0.15, -0.1) is 0 Å². The topological polar surface area (TPSA) is 47.3 Å². The van der Waals surface area contributed by atoms with Gasteiger partial charge in [-0.3, -0.25) is 0 Å². The van der Waals surface area contributed by atoms with Crippen LogP contribution in [0, 0.1) is 17.3 Å². The summed E-state index contributed by atoms with van der Waals surface area (Å²) >= 11 is 0. The maximum atomic E-state index is 6.65. The van der Waals surface area contributed by atoms with Gasteiger partial charge in [-0.25, -0.2) is 0 Å². The third kappa shape index (κ3) is 1.92. The van der Waals surface area contributed by atoms with Crippen LogP contribution in [0.25, 0.3) is 0 Å². The molecule has 4 atom stereocenters. The second-order valence-electron chi connectivity index (χ2n) is 6.59. The lowest BCUT2D eigenvalue weighted by Crippen LogP contribution is -2.78. The molecule has 0 aromatic carbocycles. The molecule has 2 rings (SSSR count). The Morgan fingerprint density at radius 2 is 2.18 bits per heavy atom. The van der Waals surface area contributed by atoms with Gasteiger partial charge in [0, 0.05) is 30.0 Å². The van der Waals surface area contributed by atoms with E-state index in [-0.39, 0.29) is 11.0 Å². The molecular formula is C14H28N2O. The summed E-state index contributed by atoms with van der Waals surface area (Å²) in [5.41, 5.74) is 6.68. The number of nitrogens with two attached hydrogens (primary N) is 1. The normalized spacial score (nSPS) is 40.8. The van der Waals surface area contributed by atoms with Gasteiger partial charge >= 0.3 is 0 Å². The van der Waals surface area contributed by atoms with Crippen LogP contribution in [0.3, 0.4) is 0 Å². The molecular weight excluding hydrogens is 212 g/mol. The Kier molecular flexibility index (Phi) is 3.54. The fraction of sp³-hybridized carbons (Fsp3) is 1.00. The van der Waals surface area contributed by atoms with Crippen LogP contribution in [0.5, 0.6) is 0 Å². The van der Waals surface area contributed by atoms with Crippen molar-refractivity contribution in [2.45, 2.75) is 52.2 Å². The Morgan fingerprint density at radius 3 is 2.82 bits per heavy atom. The van der Waals surface area contributed by atoms with Crippen LogP contribution in [0.15, 0.2) is 0 Å². The van der Waals surface area contributed by atoms with Gasteiger partial charge in [0.25, 0.3) is 0 Å². The number of fused-ring (bicyclic) bond motifs is 1. The third-order valence-corrected chi connectivity index (χ3v) is 5.27. The van der Waals surface area contributed by atoms with Gasteiger partial charge < -0.3 is 15.8 Å². The summed E-state index contributed by atoms with van der Waals surface area (Å²) in [5, 5.41) is 3.57. The molecule has 3 heteroatoms. The van der Waals surface area contributed by atoms with Crippen molar-refractivity contribution in [1.82, 2.24) is 5.32 Å². The highest BCUT2D eigenvalue weighted by Gasteiger charge is 2.67. The largest absolute Gasteiger partial charge is 0.377 e. The van der Waals surface area contributed by atoms with Gasteiger partial charge in [0.2, 0.25) is 0 Å². The first-order valence-electron chi connectivity index (χ1n) is 7.04. The van der Waals surface area contributed by atoms with Crippen LogP contribution in [-0.2, 0) is 4.74 Å². The van der Waals surface area contributed by atoms with E-state index in [9.17, 15) is 0 Å². The van der Waals surface area contributed by atoms with Gasteiger partial charge in [-0.05, 0) is 18.9 Å². The van der Waals surface area contributed by atoms with Crippen LogP contribution in [0.1, 0.15) is 40.5 Å². The minimum Gasteiger partial charge on any atom is -0.377 e. The Balaban J connectivity index is 1.90. The molecule has 2 aliphatic rings. The SMILES string of the molecule is CCC(C)CNCC1(N)C2CCOC2C1(C)C. The quantitative estimate of drug-likeness (QED) is 0.770. The van der Waals surface area contributed by atoms with Crippen molar-refractivity contribution in [3.8, 4) is 0 Å². The summed E-state index contributed by atoms with van der Waals surface area (Å²) in [7, 11) is 0. The molecule has 2 fully saturated rings. The van der Waals surface area contributed by atoms with E-state index < -0.39 is 0 Å². The van der Waals surface area contributed by atoms with Gasteiger partial charge in [0.1, 0.15) is 0 Å². The summed E-state index contributed by atoms with van der Waals surface area (Å²) in [6.45, 7) is 11.9. The predicted octanol–water partition coefficient (Wildman–Crippen LogP) is 1.76. The predicted molar refractivity (Wildman–Crippen MR) is 70.9 cm³/mol. The summed E-state index contributed by atoms with van der Waals surface area (Å²) in [5.74, 6) is 1.29. The van der Waals surface area contributed by atoms with E-state index in [0.717, 1.165) is 32.0 Å². The first-order chi connectivity index (χ1) is 7.93. The van der Waals surface area contributed by atoms with Crippen molar-refractivity contribution in [3.05, 3.63) is 0 Å². The summed E-state index contributed by atoms with van der Waals surface area (Å²) in [4.78, 5) is 0. The molecule has 0 aromatic heterocycles.